The van der Waals surface area contributed by atoms with Crippen LogP contribution < -0.4 is 10.6 Å². The minimum absolute atomic E-state index is 0. The summed E-state index contributed by atoms with van der Waals surface area (Å²) in [6, 6.07) is 0. The van der Waals surface area contributed by atoms with Gasteiger partial charge < -0.3 is 10.6 Å². The smallest absolute Gasteiger partial charge is 0.220 e. The van der Waals surface area contributed by atoms with Gasteiger partial charge in [0.2, 0.25) is 5.91 Å². The first kappa shape index (κ1) is 19.8. The summed E-state index contributed by atoms with van der Waals surface area (Å²) < 4.78 is 0. The summed E-state index contributed by atoms with van der Waals surface area (Å²) in [6.07, 6.45) is 10.8. The topological polar surface area (TPSA) is 41.1 Å². The Morgan fingerprint density at radius 1 is 1.23 bits per heavy atom. The molecule has 22 heavy (non-hydrogen) atoms. The van der Waals surface area contributed by atoms with Crippen molar-refractivity contribution in [2.24, 2.45) is 17.3 Å². The molecule has 1 heterocycles. The zero-order valence-corrected chi connectivity index (χ0v) is 15.3. The van der Waals surface area contributed by atoms with E-state index in [1.165, 1.54) is 44.9 Å². The van der Waals surface area contributed by atoms with Crippen LogP contribution >= 0.6 is 12.4 Å². The molecule has 1 aliphatic heterocycles. The molecule has 130 valence electrons. The lowest BCUT2D eigenvalue weighted by molar-refractivity contribution is -0.122. The predicted octanol–water partition coefficient (Wildman–Crippen LogP) is 3.91. The van der Waals surface area contributed by atoms with Crippen molar-refractivity contribution in [3.63, 3.8) is 0 Å². The van der Waals surface area contributed by atoms with Crippen LogP contribution in [-0.2, 0) is 4.79 Å². The highest BCUT2D eigenvalue weighted by Gasteiger charge is 2.34. The van der Waals surface area contributed by atoms with Crippen molar-refractivity contribution in [1.82, 2.24) is 10.6 Å². The van der Waals surface area contributed by atoms with Crippen LogP contribution in [0.15, 0.2) is 0 Å². The fourth-order valence-corrected chi connectivity index (χ4v) is 4.32. The van der Waals surface area contributed by atoms with Gasteiger partial charge in [-0.3, -0.25) is 4.79 Å². The molecule has 2 fully saturated rings. The summed E-state index contributed by atoms with van der Waals surface area (Å²) in [6.45, 7) is 7.78. The average Bonchev–Trinajstić information content (AvgIpc) is 2.92. The summed E-state index contributed by atoms with van der Waals surface area (Å²) >= 11 is 0. The highest BCUT2D eigenvalue weighted by molar-refractivity contribution is 5.85. The van der Waals surface area contributed by atoms with E-state index in [2.05, 4.69) is 24.5 Å². The van der Waals surface area contributed by atoms with Gasteiger partial charge in [0.05, 0.1) is 0 Å². The Bertz CT molecular complexity index is 321. The Morgan fingerprint density at radius 3 is 2.45 bits per heavy atom. The molecule has 2 rings (SSSR count). The Balaban J connectivity index is 0.00000242. The van der Waals surface area contributed by atoms with Crippen LogP contribution in [0.25, 0.3) is 0 Å². The van der Waals surface area contributed by atoms with Crippen molar-refractivity contribution in [2.75, 3.05) is 19.6 Å². The van der Waals surface area contributed by atoms with Crippen LogP contribution in [0.1, 0.15) is 71.6 Å². The SMILES string of the molecule is CC(C)CC1(CNC(=O)CCC2CCNCC2)CCCC1.Cl. The molecule has 0 aromatic carbocycles. The fraction of sp³-hybridized carbons (Fsp3) is 0.944. The summed E-state index contributed by atoms with van der Waals surface area (Å²) in [5, 5.41) is 6.64. The predicted molar refractivity (Wildman–Crippen MR) is 95.4 cm³/mol. The molecule has 1 aliphatic carbocycles. The molecule has 0 unspecified atom stereocenters. The highest BCUT2D eigenvalue weighted by Crippen LogP contribution is 2.42. The Kier molecular flexibility index (Phi) is 8.78. The zero-order chi connectivity index (χ0) is 15.1. The molecule has 0 radical (unpaired) electrons. The molecule has 0 aromatic rings. The third-order valence-corrected chi connectivity index (χ3v) is 5.40. The molecule has 1 saturated heterocycles. The molecular weight excluding hydrogens is 296 g/mol. The van der Waals surface area contributed by atoms with E-state index in [0.717, 1.165) is 44.3 Å². The van der Waals surface area contributed by atoms with E-state index in [0.29, 0.717) is 5.41 Å². The lowest BCUT2D eigenvalue weighted by atomic mass is 9.78. The number of rotatable bonds is 7. The van der Waals surface area contributed by atoms with E-state index < -0.39 is 0 Å². The molecule has 2 N–H and O–H groups in total. The van der Waals surface area contributed by atoms with Crippen molar-refractivity contribution in [1.29, 1.82) is 0 Å². The maximum atomic E-state index is 12.1. The number of amides is 1. The van der Waals surface area contributed by atoms with Crippen LogP contribution in [0.4, 0.5) is 0 Å². The van der Waals surface area contributed by atoms with Crippen LogP contribution in [0.2, 0.25) is 0 Å². The Labute approximate surface area is 142 Å². The second kappa shape index (κ2) is 9.77. The number of halogens is 1. The number of hydrogen-bond acceptors (Lipinski definition) is 2. The van der Waals surface area contributed by atoms with Crippen LogP contribution in [0.5, 0.6) is 0 Å². The second-order valence-corrected chi connectivity index (χ2v) is 7.81. The van der Waals surface area contributed by atoms with Crippen LogP contribution in [0, 0.1) is 17.3 Å². The standard InChI is InChI=1S/C18H34N2O.ClH/c1-15(2)13-18(9-3-4-10-18)14-20-17(21)6-5-16-7-11-19-12-8-16;/h15-16,19H,3-14H2,1-2H3,(H,20,21);1H. The van der Waals surface area contributed by atoms with E-state index in [1.54, 1.807) is 0 Å². The van der Waals surface area contributed by atoms with Gasteiger partial charge in [0, 0.05) is 13.0 Å². The number of piperidine rings is 1. The summed E-state index contributed by atoms with van der Waals surface area (Å²) in [5.74, 6) is 1.77. The van der Waals surface area contributed by atoms with Gasteiger partial charge in [0.25, 0.3) is 0 Å². The minimum Gasteiger partial charge on any atom is -0.356 e. The number of nitrogens with one attached hydrogen (secondary N) is 2. The fourth-order valence-electron chi connectivity index (χ4n) is 4.32. The Morgan fingerprint density at radius 2 is 1.86 bits per heavy atom. The van der Waals surface area contributed by atoms with Crippen LogP contribution in [0.3, 0.4) is 0 Å². The Hall–Kier alpha value is -0.280. The molecule has 0 atom stereocenters. The maximum Gasteiger partial charge on any atom is 0.220 e. The molecule has 1 amide bonds. The van der Waals surface area contributed by atoms with Gasteiger partial charge in [-0.15, -0.1) is 12.4 Å². The van der Waals surface area contributed by atoms with Gasteiger partial charge in [-0.25, -0.2) is 0 Å². The molecule has 0 bridgehead atoms. The van der Waals surface area contributed by atoms with E-state index in [4.69, 9.17) is 0 Å². The third kappa shape index (κ3) is 6.45. The van der Waals surface area contributed by atoms with Gasteiger partial charge in [-0.1, -0.05) is 26.7 Å². The van der Waals surface area contributed by atoms with E-state index in [9.17, 15) is 4.79 Å². The van der Waals surface area contributed by atoms with E-state index in [-0.39, 0.29) is 18.3 Å². The van der Waals surface area contributed by atoms with Gasteiger partial charge in [-0.2, -0.15) is 0 Å². The molecule has 1 saturated carbocycles. The number of hydrogen-bond donors (Lipinski definition) is 2. The number of carbonyl (C=O) groups is 1. The van der Waals surface area contributed by atoms with Crippen molar-refractivity contribution in [2.45, 2.75) is 71.6 Å². The quantitative estimate of drug-likeness (QED) is 0.743. The second-order valence-electron chi connectivity index (χ2n) is 7.81. The molecule has 2 aliphatic rings. The van der Waals surface area contributed by atoms with E-state index in [1.807, 2.05) is 0 Å². The lowest BCUT2D eigenvalue weighted by Crippen LogP contribution is -2.37. The first-order valence-corrected chi connectivity index (χ1v) is 9.07. The van der Waals surface area contributed by atoms with Crippen molar-refractivity contribution in [3.05, 3.63) is 0 Å². The summed E-state index contributed by atoms with van der Waals surface area (Å²) in [5.41, 5.74) is 0.401. The van der Waals surface area contributed by atoms with Gasteiger partial charge >= 0.3 is 0 Å². The summed E-state index contributed by atoms with van der Waals surface area (Å²) in [7, 11) is 0. The lowest BCUT2D eigenvalue weighted by Gasteiger charge is -2.31. The van der Waals surface area contributed by atoms with Crippen molar-refractivity contribution < 1.29 is 4.79 Å². The third-order valence-electron chi connectivity index (χ3n) is 5.40. The molecule has 0 spiro atoms. The van der Waals surface area contributed by atoms with Gasteiger partial charge in [0.15, 0.2) is 0 Å². The first-order chi connectivity index (χ1) is 10.1. The molecule has 3 nitrogen and oxygen atoms in total. The molecule has 4 heteroatoms. The van der Waals surface area contributed by atoms with Crippen LogP contribution in [-0.4, -0.2) is 25.5 Å². The van der Waals surface area contributed by atoms with Gasteiger partial charge in [0.1, 0.15) is 0 Å². The van der Waals surface area contributed by atoms with E-state index >= 15 is 0 Å². The minimum atomic E-state index is 0. The van der Waals surface area contributed by atoms with Crippen molar-refractivity contribution in [3.8, 4) is 0 Å². The van der Waals surface area contributed by atoms with Crippen molar-refractivity contribution >= 4 is 18.3 Å². The summed E-state index contributed by atoms with van der Waals surface area (Å²) in [4.78, 5) is 12.1. The molecule has 0 aromatic heterocycles. The zero-order valence-electron chi connectivity index (χ0n) is 14.5. The first-order valence-electron chi connectivity index (χ1n) is 9.07. The normalized spacial score (nSPS) is 21.6. The molecular formula is C18H35ClN2O. The highest BCUT2D eigenvalue weighted by atomic mass is 35.5. The largest absolute Gasteiger partial charge is 0.356 e. The maximum absolute atomic E-state index is 12.1. The number of carbonyl (C=O) groups excluding carboxylic acids is 1. The average molecular weight is 331 g/mol. The van der Waals surface area contributed by atoms with Gasteiger partial charge in [-0.05, 0) is 68.9 Å². The monoisotopic (exact) mass is 330 g/mol.